The highest BCUT2D eigenvalue weighted by atomic mass is 79.9. The molecule has 5 nitrogen and oxygen atoms in total. The van der Waals surface area contributed by atoms with Gasteiger partial charge in [0.25, 0.3) is 5.91 Å². The van der Waals surface area contributed by atoms with Crippen LogP contribution < -0.4 is 5.32 Å². The van der Waals surface area contributed by atoms with Gasteiger partial charge in [0.15, 0.2) is 0 Å². The van der Waals surface area contributed by atoms with Crippen LogP contribution in [0.2, 0.25) is 0 Å². The van der Waals surface area contributed by atoms with E-state index >= 15 is 0 Å². The van der Waals surface area contributed by atoms with Crippen molar-refractivity contribution < 1.29 is 9.53 Å². The molecule has 1 N–H and O–H groups in total. The van der Waals surface area contributed by atoms with Crippen LogP contribution in [0.5, 0.6) is 0 Å². The lowest BCUT2D eigenvalue weighted by Crippen LogP contribution is -2.39. The normalized spacial score (nSPS) is 10.6. The molecule has 0 aromatic carbocycles. The Morgan fingerprint density at radius 1 is 1.58 bits per heavy atom. The van der Waals surface area contributed by atoms with Crippen molar-refractivity contribution in [2.45, 2.75) is 19.9 Å². The monoisotopic (exact) mass is 329 g/mol. The molecule has 1 heterocycles. The number of halogens is 1. The quantitative estimate of drug-likeness (QED) is 0.870. The van der Waals surface area contributed by atoms with Crippen LogP contribution in [0.25, 0.3) is 0 Å². The zero-order chi connectivity index (χ0) is 14.4. The number of pyridine rings is 1. The minimum Gasteiger partial charge on any atom is -0.383 e. The lowest BCUT2D eigenvalue weighted by Gasteiger charge is -2.27. The maximum Gasteiger partial charge on any atom is 0.257 e. The predicted molar refractivity (Wildman–Crippen MR) is 79.5 cm³/mol. The van der Waals surface area contributed by atoms with Crippen LogP contribution in [0.1, 0.15) is 24.2 Å². The van der Waals surface area contributed by atoms with Gasteiger partial charge >= 0.3 is 0 Å². The number of methoxy groups -OCH3 is 1. The van der Waals surface area contributed by atoms with Crippen molar-refractivity contribution in [2.75, 3.05) is 32.6 Å². The number of amides is 1. The van der Waals surface area contributed by atoms with E-state index in [1.807, 2.05) is 13.8 Å². The Morgan fingerprint density at radius 3 is 2.79 bits per heavy atom. The molecule has 0 atom stereocenters. The number of aromatic nitrogens is 1. The Morgan fingerprint density at radius 2 is 2.26 bits per heavy atom. The van der Waals surface area contributed by atoms with Crippen molar-refractivity contribution in [1.82, 2.24) is 9.88 Å². The maximum atomic E-state index is 12.6. The lowest BCUT2D eigenvalue weighted by molar-refractivity contribution is 0.0635. The fourth-order valence-electron chi connectivity index (χ4n) is 1.74. The molecule has 0 saturated heterocycles. The fourth-order valence-corrected chi connectivity index (χ4v) is 2.07. The van der Waals surface area contributed by atoms with Gasteiger partial charge in [-0.15, -0.1) is 0 Å². The van der Waals surface area contributed by atoms with E-state index in [0.717, 1.165) is 4.47 Å². The van der Waals surface area contributed by atoms with Crippen LogP contribution in [-0.4, -0.2) is 49.1 Å². The number of hydrogen-bond acceptors (Lipinski definition) is 4. The third-order valence-electron chi connectivity index (χ3n) is 2.74. The average molecular weight is 330 g/mol. The van der Waals surface area contributed by atoms with Crippen LogP contribution in [0.4, 0.5) is 5.82 Å². The zero-order valence-corrected chi connectivity index (χ0v) is 13.3. The Labute approximate surface area is 122 Å². The molecule has 0 aliphatic carbocycles. The summed E-state index contributed by atoms with van der Waals surface area (Å²) >= 11 is 3.35. The van der Waals surface area contributed by atoms with Crippen LogP contribution in [-0.2, 0) is 4.74 Å². The van der Waals surface area contributed by atoms with E-state index in [2.05, 4.69) is 26.2 Å². The third kappa shape index (κ3) is 4.18. The van der Waals surface area contributed by atoms with Gasteiger partial charge in [-0.3, -0.25) is 4.79 Å². The number of ether oxygens (including phenoxy) is 1. The molecule has 1 aromatic rings. The predicted octanol–water partition coefficient (Wildman–Crippen LogP) is 2.38. The smallest absolute Gasteiger partial charge is 0.257 e. The van der Waals surface area contributed by atoms with Crippen molar-refractivity contribution in [1.29, 1.82) is 0 Å². The highest BCUT2D eigenvalue weighted by Gasteiger charge is 2.21. The Kier molecular flexibility index (Phi) is 6.24. The van der Waals surface area contributed by atoms with Crippen molar-refractivity contribution >= 4 is 27.7 Å². The molecule has 1 rings (SSSR count). The van der Waals surface area contributed by atoms with Crippen LogP contribution in [0.15, 0.2) is 16.7 Å². The van der Waals surface area contributed by atoms with Gasteiger partial charge in [-0.05, 0) is 35.8 Å². The van der Waals surface area contributed by atoms with Gasteiger partial charge in [0.05, 0.1) is 12.2 Å². The van der Waals surface area contributed by atoms with Crippen LogP contribution >= 0.6 is 15.9 Å². The molecule has 106 valence electrons. The minimum absolute atomic E-state index is 0.0507. The molecule has 19 heavy (non-hydrogen) atoms. The van der Waals surface area contributed by atoms with E-state index < -0.39 is 0 Å². The lowest BCUT2D eigenvalue weighted by atomic mass is 10.2. The van der Waals surface area contributed by atoms with E-state index in [4.69, 9.17) is 4.74 Å². The number of hydrogen-bond donors (Lipinski definition) is 1. The molecule has 0 fully saturated rings. The molecule has 0 saturated carbocycles. The van der Waals surface area contributed by atoms with Crippen molar-refractivity contribution in [3.63, 3.8) is 0 Å². The highest BCUT2D eigenvalue weighted by molar-refractivity contribution is 9.10. The number of anilines is 1. The summed E-state index contributed by atoms with van der Waals surface area (Å²) in [6, 6.07) is 1.88. The number of rotatable bonds is 6. The molecule has 0 aliphatic rings. The Balaban J connectivity index is 3.04. The second-order valence-corrected chi connectivity index (χ2v) is 5.30. The summed E-state index contributed by atoms with van der Waals surface area (Å²) in [6.07, 6.45) is 1.66. The number of nitrogens with one attached hydrogen (secondary N) is 1. The van der Waals surface area contributed by atoms with Gasteiger partial charge in [0.1, 0.15) is 5.82 Å². The standard InChI is InChI=1S/C13H20BrN3O2/c1-9(2)17(5-6-19-4)13(18)11-7-10(14)8-16-12(11)15-3/h7-9H,5-6H2,1-4H3,(H,15,16). The molecule has 1 amide bonds. The summed E-state index contributed by atoms with van der Waals surface area (Å²) in [5, 5.41) is 2.94. The first-order valence-electron chi connectivity index (χ1n) is 6.14. The minimum atomic E-state index is -0.0507. The molecule has 0 aliphatic heterocycles. The van der Waals surface area contributed by atoms with Gasteiger partial charge in [-0.2, -0.15) is 0 Å². The molecular weight excluding hydrogens is 310 g/mol. The SMILES string of the molecule is CNc1ncc(Br)cc1C(=O)N(CCOC)C(C)C. The summed E-state index contributed by atoms with van der Waals surface area (Å²) in [5.41, 5.74) is 0.557. The molecule has 0 unspecified atom stereocenters. The molecule has 0 spiro atoms. The molecular formula is C13H20BrN3O2. The molecule has 0 radical (unpaired) electrons. The first kappa shape index (κ1) is 15.9. The summed E-state index contributed by atoms with van der Waals surface area (Å²) in [6.45, 7) is 5.04. The third-order valence-corrected chi connectivity index (χ3v) is 3.18. The highest BCUT2D eigenvalue weighted by Crippen LogP contribution is 2.20. The largest absolute Gasteiger partial charge is 0.383 e. The van der Waals surface area contributed by atoms with Gasteiger partial charge in [0, 0.05) is 37.4 Å². The topological polar surface area (TPSA) is 54.5 Å². The maximum absolute atomic E-state index is 12.6. The van der Waals surface area contributed by atoms with E-state index in [1.165, 1.54) is 0 Å². The van der Waals surface area contributed by atoms with Gasteiger partial charge in [-0.1, -0.05) is 0 Å². The Hall–Kier alpha value is -1.14. The van der Waals surface area contributed by atoms with Crippen LogP contribution in [0, 0.1) is 0 Å². The molecule has 1 aromatic heterocycles. The zero-order valence-electron chi connectivity index (χ0n) is 11.7. The fraction of sp³-hybridized carbons (Fsp3) is 0.538. The second kappa shape index (κ2) is 7.45. The van der Waals surface area contributed by atoms with E-state index in [9.17, 15) is 4.79 Å². The molecule has 0 bridgehead atoms. The average Bonchev–Trinajstić information content (AvgIpc) is 2.38. The molecule has 6 heteroatoms. The van der Waals surface area contributed by atoms with E-state index in [1.54, 1.807) is 31.3 Å². The summed E-state index contributed by atoms with van der Waals surface area (Å²) < 4.78 is 5.84. The number of nitrogens with zero attached hydrogens (tertiary/aromatic N) is 2. The Bertz CT molecular complexity index is 438. The summed E-state index contributed by atoms with van der Waals surface area (Å²) in [7, 11) is 3.38. The summed E-state index contributed by atoms with van der Waals surface area (Å²) in [5.74, 6) is 0.529. The van der Waals surface area contributed by atoms with E-state index in [0.29, 0.717) is 24.5 Å². The van der Waals surface area contributed by atoms with E-state index in [-0.39, 0.29) is 11.9 Å². The number of carbonyl (C=O) groups excluding carboxylic acids is 1. The first-order chi connectivity index (χ1) is 9.01. The first-order valence-corrected chi connectivity index (χ1v) is 6.93. The van der Waals surface area contributed by atoms with Gasteiger partial charge < -0.3 is 15.0 Å². The van der Waals surface area contributed by atoms with Crippen LogP contribution in [0.3, 0.4) is 0 Å². The van der Waals surface area contributed by atoms with Gasteiger partial charge in [-0.25, -0.2) is 4.98 Å². The van der Waals surface area contributed by atoms with Crippen molar-refractivity contribution in [3.05, 3.63) is 22.3 Å². The van der Waals surface area contributed by atoms with Crippen molar-refractivity contribution in [3.8, 4) is 0 Å². The summed E-state index contributed by atoms with van der Waals surface area (Å²) in [4.78, 5) is 18.6. The van der Waals surface area contributed by atoms with Gasteiger partial charge in [0.2, 0.25) is 0 Å². The number of carbonyl (C=O) groups is 1. The van der Waals surface area contributed by atoms with Crippen molar-refractivity contribution in [2.24, 2.45) is 0 Å². The second-order valence-electron chi connectivity index (χ2n) is 4.38.